The summed E-state index contributed by atoms with van der Waals surface area (Å²) in [7, 11) is 0. The fraction of sp³-hybridized carbons (Fsp3) is 0.625. The molecule has 1 rings (SSSR count). The summed E-state index contributed by atoms with van der Waals surface area (Å²) in [6.45, 7) is 13.5. The van der Waals surface area contributed by atoms with Gasteiger partial charge in [0.05, 0.1) is 0 Å². The van der Waals surface area contributed by atoms with Crippen LogP contribution in [0.3, 0.4) is 0 Å². The maximum atomic E-state index is 3.80. The highest BCUT2D eigenvalue weighted by Gasteiger charge is 2.25. The highest BCUT2D eigenvalue weighted by molar-refractivity contribution is 9.09. The van der Waals surface area contributed by atoms with Crippen LogP contribution in [-0.4, -0.2) is 0 Å². The minimum atomic E-state index is 0.235. The third kappa shape index (κ3) is 4.09. The average molecular weight is 376 g/mol. The van der Waals surface area contributed by atoms with Gasteiger partial charge in [0.1, 0.15) is 0 Å². The van der Waals surface area contributed by atoms with Gasteiger partial charge in [0, 0.05) is 9.65 Å². The third-order valence-electron chi connectivity index (χ3n) is 3.04. The standard InChI is InChI=1S/C16H24Br2/c1-15(2,3)13(17)11-7-9-12(10-8-11)14(18)16(4,5)6/h7-10,13-14H,1-6H3. The van der Waals surface area contributed by atoms with Crippen LogP contribution < -0.4 is 0 Å². The van der Waals surface area contributed by atoms with Crippen LogP contribution in [0, 0.1) is 10.8 Å². The second-order valence-corrected chi connectivity index (χ2v) is 8.96. The van der Waals surface area contributed by atoms with Gasteiger partial charge in [0.15, 0.2) is 0 Å². The Morgan fingerprint density at radius 2 is 0.889 bits per heavy atom. The van der Waals surface area contributed by atoms with E-state index in [0.29, 0.717) is 9.65 Å². The number of benzene rings is 1. The van der Waals surface area contributed by atoms with Gasteiger partial charge in [-0.15, -0.1) is 0 Å². The van der Waals surface area contributed by atoms with Gasteiger partial charge in [0.2, 0.25) is 0 Å². The molecule has 2 unspecified atom stereocenters. The lowest BCUT2D eigenvalue weighted by molar-refractivity contribution is 0.403. The van der Waals surface area contributed by atoms with E-state index in [4.69, 9.17) is 0 Å². The fourth-order valence-corrected chi connectivity index (χ4v) is 2.44. The Morgan fingerprint density at radius 3 is 1.06 bits per heavy atom. The molecule has 1 aromatic rings. The summed E-state index contributed by atoms with van der Waals surface area (Å²) in [6, 6.07) is 8.94. The van der Waals surface area contributed by atoms with Crippen LogP contribution in [0.2, 0.25) is 0 Å². The van der Waals surface area contributed by atoms with Gasteiger partial charge in [-0.25, -0.2) is 0 Å². The second-order valence-electron chi connectivity index (χ2n) is 7.12. The maximum Gasteiger partial charge on any atom is 0.0443 e. The van der Waals surface area contributed by atoms with E-state index in [0.717, 1.165) is 0 Å². The number of hydrogen-bond acceptors (Lipinski definition) is 0. The molecule has 0 saturated heterocycles. The SMILES string of the molecule is CC(C)(C)C(Br)c1ccc(C(Br)C(C)(C)C)cc1. The number of halogens is 2. The third-order valence-corrected chi connectivity index (χ3v) is 6.85. The topological polar surface area (TPSA) is 0 Å². The molecule has 1 aromatic carbocycles. The first kappa shape index (κ1) is 16.2. The van der Waals surface area contributed by atoms with Gasteiger partial charge in [-0.05, 0) is 22.0 Å². The van der Waals surface area contributed by atoms with Crippen molar-refractivity contribution in [3.05, 3.63) is 35.4 Å². The highest BCUT2D eigenvalue weighted by Crippen LogP contribution is 2.43. The Hall–Kier alpha value is 0.180. The molecule has 0 spiro atoms. The van der Waals surface area contributed by atoms with Gasteiger partial charge in [-0.1, -0.05) is 97.7 Å². The summed E-state index contributed by atoms with van der Waals surface area (Å²) in [5.41, 5.74) is 3.17. The van der Waals surface area contributed by atoms with Crippen LogP contribution in [0.25, 0.3) is 0 Å². The van der Waals surface area contributed by atoms with Crippen molar-refractivity contribution >= 4 is 31.9 Å². The molecular weight excluding hydrogens is 352 g/mol. The Bertz CT molecular complexity index is 340. The first-order chi connectivity index (χ1) is 8.03. The molecule has 0 heterocycles. The van der Waals surface area contributed by atoms with Gasteiger partial charge in [0.25, 0.3) is 0 Å². The molecular formula is C16H24Br2. The normalized spacial score (nSPS) is 16.4. The largest absolute Gasteiger partial charge is 0.0833 e. The van der Waals surface area contributed by atoms with Gasteiger partial charge < -0.3 is 0 Å². The molecule has 0 nitrogen and oxygen atoms in total. The van der Waals surface area contributed by atoms with Crippen molar-refractivity contribution in [2.45, 2.75) is 51.2 Å². The van der Waals surface area contributed by atoms with E-state index in [1.165, 1.54) is 11.1 Å². The Labute approximate surface area is 129 Å². The molecule has 2 heteroatoms. The molecule has 2 atom stereocenters. The molecule has 0 aliphatic heterocycles. The second kappa shape index (κ2) is 5.66. The predicted molar refractivity (Wildman–Crippen MR) is 88.7 cm³/mol. The van der Waals surface area contributed by atoms with Crippen molar-refractivity contribution in [1.29, 1.82) is 0 Å². The van der Waals surface area contributed by atoms with Gasteiger partial charge in [-0.3, -0.25) is 0 Å². The van der Waals surface area contributed by atoms with Gasteiger partial charge in [-0.2, -0.15) is 0 Å². The zero-order valence-corrected chi connectivity index (χ0v) is 15.4. The molecule has 0 amide bonds. The molecule has 0 N–H and O–H groups in total. The molecule has 0 saturated carbocycles. The van der Waals surface area contributed by atoms with E-state index in [9.17, 15) is 0 Å². The summed E-state index contributed by atoms with van der Waals surface area (Å²) in [4.78, 5) is 0.782. The average Bonchev–Trinajstić information content (AvgIpc) is 2.25. The lowest BCUT2D eigenvalue weighted by atomic mass is 9.85. The summed E-state index contributed by atoms with van der Waals surface area (Å²) < 4.78 is 0. The number of alkyl halides is 2. The maximum absolute atomic E-state index is 3.80. The fourth-order valence-electron chi connectivity index (χ4n) is 1.83. The van der Waals surface area contributed by atoms with Crippen LogP contribution in [0.5, 0.6) is 0 Å². The predicted octanol–water partition coefficient (Wildman–Crippen LogP) is 6.65. The lowest BCUT2D eigenvalue weighted by Crippen LogP contribution is -2.14. The smallest absolute Gasteiger partial charge is 0.0443 e. The van der Waals surface area contributed by atoms with Gasteiger partial charge >= 0.3 is 0 Å². The van der Waals surface area contributed by atoms with Crippen molar-refractivity contribution in [2.75, 3.05) is 0 Å². The Morgan fingerprint density at radius 1 is 0.667 bits per heavy atom. The van der Waals surface area contributed by atoms with Crippen molar-refractivity contribution in [3.8, 4) is 0 Å². The van der Waals surface area contributed by atoms with Crippen molar-refractivity contribution < 1.29 is 0 Å². The minimum Gasteiger partial charge on any atom is -0.0833 e. The first-order valence-corrected chi connectivity index (χ1v) is 8.24. The van der Waals surface area contributed by atoms with E-state index in [1.54, 1.807) is 0 Å². The number of rotatable bonds is 2. The minimum absolute atomic E-state index is 0.235. The van der Waals surface area contributed by atoms with Crippen molar-refractivity contribution in [3.63, 3.8) is 0 Å². The molecule has 102 valence electrons. The Kier molecular flexibility index (Phi) is 5.11. The van der Waals surface area contributed by atoms with E-state index in [1.807, 2.05) is 0 Å². The molecule has 0 radical (unpaired) electrons. The van der Waals surface area contributed by atoms with Crippen LogP contribution in [0.15, 0.2) is 24.3 Å². The van der Waals surface area contributed by atoms with Crippen LogP contribution in [0.4, 0.5) is 0 Å². The van der Waals surface area contributed by atoms with Crippen LogP contribution in [0.1, 0.15) is 62.3 Å². The molecule has 18 heavy (non-hydrogen) atoms. The molecule has 0 bridgehead atoms. The van der Waals surface area contributed by atoms with E-state index >= 15 is 0 Å². The van der Waals surface area contributed by atoms with E-state index < -0.39 is 0 Å². The molecule has 0 aliphatic carbocycles. The summed E-state index contributed by atoms with van der Waals surface area (Å²) in [5, 5.41) is 0. The highest BCUT2D eigenvalue weighted by atomic mass is 79.9. The van der Waals surface area contributed by atoms with E-state index in [2.05, 4.69) is 97.7 Å². The lowest BCUT2D eigenvalue weighted by Gasteiger charge is -2.28. The first-order valence-electron chi connectivity index (χ1n) is 6.41. The summed E-state index contributed by atoms with van der Waals surface area (Å²) >= 11 is 7.59. The van der Waals surface area contributed by atoms with Crippen LogP contribution >= 0.6 is 31.9 Å². The van der Waals surface area contributed by atoms with Crippen LogP contribution in [-0.2, 0) is 0 Å². The van der Waals surface area contributed by atoms with Crippen molar-refractivity contribution in [1.82, 2.24) is 0 Å². The van der Waals surface area contributed by atoms with Crippen molar-refractivity contribution in [2.24, 2.45) is 10.8 Å². The molecule has 0 aromatic heterocycles. The zero-order valence-electron chi connectivity index (χ0n) is 12.2. The molecule has 0 aliphatic rings. The monoisotopic (exact) mass is 374 g/mol. The zero-order chi connectivity index (χ0) is 14.1. The number of hydrogen-bond donors (Lipinski definition) is 0. The Balaban J connectivity index is 2.94. The van der Waals surface area contributed by atoms with E-state index in [-0.39, 0.29) is 10.8 Å². The summed E-state index contributed by atoms with van der Waals surface area (Å²) in [6.07, 6.45) is 0. The quantitative estimate of drug-likeness (QED) is 0.507. The summed E-state index contributed by atoms with van der Waals surface area (Å²) in [5.74, 6) is 0. The molecule has 0 fully saturated rings.